The fourth-order valence-corrected chi connectivity index (χ4v) is 3.76. The first-order valence-corrected chi connectivity index (χ1v) is 11.3. The maximum atomic E-state index is 13.4. The van der Waals surface area contributed by atoms with Gasteiger partial charge in [-0.05, 0) is 34.9 Å². The molecule has 0 aliphatic heterocycles. The fourth-order valence-electron chi connectivity index (χ4n) is 3.76. The van der Waals surface area contributed by atoms with Crippen molar-refractivity contribution in [2.45, 2.75) is 13.1 Å². The Morgan fingerprint density at radius 3 is 2.14 bits per heavy atom. The summed E-state index contributed by atoms with van der Waals surface area (Å²) in [6.07, 6.45) is 2.73. The number of nitro benzene ring substituents is 1. The van der Waals surface area contributed by atoms with Gasteiger partial charge in [-0.2, -0.15) is 0 Å². The largest absolute Gasteiger partial charge is 0.383 e. The smallest absolute Gasteiger partial charge is 0.330 e. The number of hydrogen-bond donors (Lipinski definition) is 2. The molecule has 1 amide bonds. The van der Waals surface area contributed by atoms with E-state index in [1.807, 2.05) is 36.4 Å². The number of H-pyrrole nitrogens is 1. The number of aromatic amines is 1. The lowest BCUT2D eigenvalue weighted by Gasteiger charge is -2.23. The number of nitrogen functional groups attached to an aromatic ring is 1. The molecule has 0 saturated carbocycles. The average Bonchev–Trinajstić information content (AvgIpc) is 2.90. The molecule has 186 valence electrons. The van der Waals surface area contributed by atoms with Crippen LogP contribution in [0, 0.1) is 10.1 Å². The van der Waals surface area contributed by atoms with E-state index in [0.717, 1.165) is 11.1 Å². The molecule has 4 rings (SSSR count). The van der Waals surface area contributed by atoms with Gasteiger partial charge in [0.15, 0.2) is 5.69 Å². The highest BCUT2D eigenvalue weighted by molar-refractivity contribution is 6.05. The number of hydrogen-bond acceptors (Lipinski definition) is 6. The quantitative estimate of drug-likeness (QED) is 0.217. The Labute approximate surface area is 211 Å². The van der Waals surface area contributed by atoms with Crippen molar-refractivity contribution in [2.75, 3.05) is 10.6 Å². The Bertz CT molecular complexity index is 1560. The third kappa shape index (κ3) is 5.88. The monoisotopic (exact) mass is 497 g/mol. The maximum absolute atomic E-state index is 13.4. The molecule has 37 heavy (non-hydrogen) atoms. The number of benzene rings is 3. The Kier molecular flexibility index (Phi) is 7.39. The highest BCUT2D eigenvalue weighted by Gasteiger charge is 2.23. The standard InChI is InChI=1S/C27H23N5O5/c28-25-24(26(34)29-27(35)31(25)18-21-9-5-2-6-10-21)30(17-20-7-3-1-4-8-20)23(33)16-13-19-11-14-22(15-12-19)32(36)37/h1-16H,17-18,28H2,(H,29,34,35)/b16-13+. The van der Waals surface area contributed by atoms with Gasteiger partial charge in [-0.25, -0.2) is 4.79 Å². The second-order valence-electron chi connectivity index (χ2n) is 8.16. The first kappa shape index (κ1) is 24.9. The van der Waals surface area contributed by atoms with Crippen molar-refractivity contribution >= 4 is 29.2 Å². The van der Waals surface area contributed by atoms with E-state index in [1.165, 1.54) is 45.9 Å². The predicted octanol–water partition coefficient (Wildman–Crippen LogP) is 3.32. The highest BCUT2D eigenvalue weighted by atomic mass is 16.6. The molecule has 10 heteroatoms. The molecule has 3 aromatic carbocycles. The molecule has 0 spiro atoms. The van der Waals surface area contributed by atoms with E-state index in [1.54, 1.807) is 24.3 Å². The Balaban J connectivity index is 1.74. The van der Waals surface area contributed by atoms with E-state index >= 15 is 0 Å². The number of nitrogens with two attached hydrogens (primary N) is 1. The number of carbonyl (C=O) groups excluding carboxylic acids is 1. The summed E-state index contributed by atoms with van der Waals surface area (Å²) in [6, 6.07) is 23.8. The molecule has 0 aliphatic rings. The van der Waals surface area contributed by atoms with Gasteiger partial charge < -0.3 is 5.73 Å². The van der Waals surface area contributed by atoms with E-state index in [-0.39, 0.29) is 30.3 Å². The van der Waals surface area contributed by atoms with Gasteiger partial charge in [-0.3, -0.25) is 34.2 Å². The van der Waals surface area contributed by atoms with Crippen molar-refractivity contribution in [3.8, 4) is 0 Å². The zero-order valence-electron chi connectivity index (χ0n) is 19.6. The molecule has 1 heterocycles. The van der Waals surface area contributed by atoms with Crippen LogP contribution >= 0.6 is 0 Å². The van der Waals surface area contributed by atoms with E-state index in [9.17, 15) is 24.5 Å². The first-order chi connectivity index (χ1) is 17.8. The summed E-state index contributed by atoms with van der Waals surface area (Å²) < 4.78 is 1.21. The number of nitrogens with one attached hydrogen (secondary N) is 1. The summed E-state index contributed by atoms with van der Waals surface area (Å²) in [5.74, 6) is -0.713. The van der Waals surface area contributed by atoms with Gasteiger partial charge >= 0.3 is 5.69 Å². The van der Waals surface area contributed by atoms with Crippen LogP contribution in [0.4, 0.5) is 17.2 Å². The molecule has 0 aliphatic carbocycles. The Morgan fingerprint density at radius 2 is 1.54 bits per heavy atom. The summed E-state index contributed by atoms with van der Waals surface area (Å²) in [5.41, 5.74) is 6.70. The number of nitro groups is 1. The van der Waals surface area contributed by atoms with E-state index in [0.29, 0.717) is 5.56 Å². The molecule has 0 fully saturated rings. The Hall–Kier alpha value is -5.25. The maximum Gasteiger partial charge on any atom is 0.330 e. The number of non-ortho nitro benzene ring substituents is 1. The fraction of sp³-hybridized carbons (Fsp3) is 0.0741. The van der Waals surface area contributed by atoms with Crippen LogP contribution in [0.2, 0.25) is 0 Å². The number of anilines is 2. The van der Waals surface area contributed by atoms with Gasteiger partial charge in [-0.1, -0.05) is 60.7 Å². The summed E-state index contributed by atoms with van der Waals surface area (Å²) >= 11 is 0. The van der Waals surface area contributed by atoms with Crippen LogP contribution in [0.15, 0.2) is 101 Å². The SMILES string of the molecule is Nc1c(N(Cc2ccccc2)C(=O)/C=C/c2ccc([N+](=O)[O-])cc2)c(=O)[nH]c(=O)n1Cc1ccccc1. The third-order valence-corrected chi connectivity index (χ3v) is 5.64. The topological polar surface area (TPSA) is 144 Å². The molecule has 3 N–H and O–H groups in total. The van der Waals surface area contributed by atoms with Crippen LogP contribution < -0.4 is 21.9 Å². The zero-order chi connectivity index (χ0) is 26.4. The minimum atomic E-state index is -0.792. The van der Waals surface area contributed by atoms with Gasteiger partial charge in [0.05, 0.1) is 18.0 Å². The van der Waals surface area contributed by atoms with Crippen LogP contribution in [-0.4, -0.2) is 20.4 Å². The molecule has 0 bridgehead atoms. The third-order valence-electron chi connectivity index (χ3n) is 5.64. The molecule has 0 unspecified atom stereocenters. The number of carbonyl (C=O) groups is 1. The van der Waals surface area contributed by atoms with Crippen LogP contribution in [-0.2, 0) is 17.9 Å². The molecule has 0 saturated heterocycles. The molecule has 4 aromatic rings. The minimum absolute atomic E-state index is 0.0150. The summed E-state index contributed by atoms with van der Waals surface area (Å²) in [4.78, 5) is 52.8. The van der Waals surface area contributed by atoms with E-state index in [2.05, 4.69) is 4.98 Å². The molecule has 1 aromatic heterocycles. The number of rotatable bonds is 8. The van der Waals surface area contributed by atoms with Gasteiger partial charge in [0.1, 0.15) is 5.82 Å². The summed E-state index contributed by atoms with van der Waals surface area (Å²) in [7, 11) is 0. The van der Waals surface area contributed by atoms with Crippen LogP contribution in [0.3, 0.4) is 0 Å². The van der Waals surface area contributed by atoms with Crippen molar-refractivity contribution in [3.05, 3.63) is 139 Å². The van der Waals surface area contributed by atoms with E-state index in [4.69, 9.17) is 5.73 Å². The lowest BCUT2D eigenvalue weighted by atomic mass is 10.1. The molecular formula is C27H23N5O5. The van der Waals surface area contributed by atoms with Crippen molar-refractivity contribution in [3.63, 3.8) is 0 Å². The van der Waals surface area contributed by atoms with Crippen LogP contribution in [0.25, 0.3) is 6.08 Å². The molecule has 0 atom stereocenters. The predicted molar refractivity (Wildman–Crippen MR) is 141 cm³/mol. The number of amides is 1. The summed E-state index contributed by atoms with van der Waals surface area (Å²) in [6.45, 7) is 0.113. The van der Waals surface area contributed by atoms with Gasteiger partial charge in [0.2, 0.25) is 0 Å². The minimum Gasteiger partial charge on any atom is -0.383 e. The molecule has 0 radical (unpaired) electrons. The zero-order valence-corrected chi connectivity index (χ0v) is 19.6. The van der Waals surface area contributed by atoms with E-state index < -0.39 is 22.1 Å². The average molecular weight is 498 g/mol. The van der Waals surface area contributed by atoms with Crippen LogP contribution in [0.5, 0.6) is 0 Å². The normalized spacial score (nSPS) is 10.9. The Morgan fingerprint density at radius 1 is 0.946 bits per heavy atom. The lowest BCUT2D eigenvalue weighted by Crippen LogP contribution is -2.40. The van der Waals surface area contributed by atoms with Crippen molar-refractivity contribution in [1.82, 2.24) is 9.55 Å². The van der Waals surface area contributed by atoms with Gasteiger partial charge in [-0.15, -0.1) is 0 Å². The second-order valence-corrected chi connectivity index (χ2v) is 8.16. The number of aromatic nitrogens is 2. The van der Waals surface area contributed by atoms with Gasteiger partial charge in [0.25, 0.3) is 17.2 Å². The van der Waals surface area contributed by atoms with Crippen LogP contribution in [0.1, 0.15) is 16.7 Å². The molecular weight excluding hydrogens is 474 g/mol. The van der Waals surface area contributed by atoms with Crippen molar-refractivity contribution in [2.24, 2.45) is 0 Å². The van der Waals surface area contributed by atoms with Crippen molar-refractivity contribution < 1.29 is 9.72 Å². The molecule has 10 nitrogen and oxygen atoms in total. The summed E-state index contributed by atoms with van der Waals surface area (Å²) in [5, 5.41) is 10.9. The lowest BCUT2D eigenvalue weighted by molar-refractivity contribution is -0.384. The second kappa shape index (κ2) is 11.0. The van der Waals surface area contributed by atoms with Crippen molar-refractivity contribution in [1.29, 1.82) is 0 Å². The van der Waals surface area contributed by atoms with Gasteiger partial charge in [0, 0.05) is 18.2 Å². The highest BCUT2D eigenvalue weighted by Crippen LogP contribution is 2.21. The first-order valence-electron chi connectivity index (χ1n) is 11.3. The number of nitrogens with zero attached hydrogens (tertiary/aromatic N) is 3.